The van der Waals surface area contributed by atoms with E-state index in [0.29, 0.717) is 58.4 Å². The van der Waals surface area contributed by atoms with Crippen molar-refractivity contribution >= 4 is 39.6 Å². The van der Waals surface area contributed by atoms with Crippen LogP contribution in [0.15, 0.2) is 103 Å². The number of hydrogen-bond donors (Lipinski definition) is 2. The lowest BCUT2D eigenvalue weighted by Gasteiger charge is -2.38. The molecule has 3 amide bonds. The zero-order chi connectivity index (χ0) is 43.5. The van der Waals surface area contributed by atoms with E-state index in [1.54, 1.807) is 33.9 Å². The number of halogens is 1. The van der Waals surface area contributed by atoms with Gasteiger partial charge in [0.15, 0.2) is 0 Å². The highest BCUT2D eigenvalue weighted by Crippen LogP contribution is 2.41. The maximum Gasteiger partial charge on any atom is 0.328 e. The van der Waals surface area contributed by atoms with Gasteiger partial charge in [-0.25, -0.2) is 18.7 Å². The first-order valence-corrected chi connectivity index (χ1v) is 22.4. The fourth-order valence-corrected chi connectivity index (χ4v) is 10.1. The number of anilines is 2. The van der Waals surface area contributed by atoms with Crippen LogP contribution in [-0.4, -0.2) is 90.2 Å². The summed E-state index contributed by atoms with van der Waals surface area (Å²) < 4.78 is 20.8. The normalized spacial score (nSPS) is 18.1. The van der Waals surface area contributed by atoms with Gasteiger partial charge in [0.05, 0.1) is 59.2 Å². The Morgan fingerprint density at radius 3 is 2.39 bits per heavy atom. The molecule has 7 heterocycles. The van der Waals surface area contributed by atoms with E-state index in [4.69, 9.17) is 10.1 Å². The van der Waals surface area contributed by atoms with Crippen LogP contribution in [-0.2, 0) is 11.4 Å². The van der Waals surface area contributed by atoms with E-state index in [-0.39, 0.29) is 30.0 Å². The molecule has 326 valence electrons. The molecule has 4 aliphatic rings. The number of hydrogen-bond acceptors (Lipinski definition) is 9. The van der Waals surface area contributed by atoms with Crippen LogP contribution in [0.1, 0.15) is 68.0 Å². The number of carbonyl (C=O) groups excluding carboxylic acids is 2. The van der Waals surface area contributed by atoms with Crippen molar-refractivity contribution in [2.24, 2.45) is 5.92 Å². The van der Waals surface area contributed by atoms with Crippen LogP contribution < -0.4 is 20.7 Å². The average molecular weight is 861 g/mol. The number of fused-ring (bicyclic) bond motifs is 2. The van der Waals surface area contributed by atoms with Gasteiger partial charge < -0.3 is 14.9 Å². The quantitative estimate of drug-likeness (QED) is 0.148. The number of nitrogens with one attached hydrogen (secondary N) is 1. The summed E-state index contributed by atoms with van der Waals surface area (Å²) in [5, 5.41) is 23.3. The standard InChI is InChI=1S/C49H49FN10O4/c50-41-25-34(32-4-5-32)24-33-13-22-58(48(63)46(33)41)43-3-1-2-39(40(43)30-61)47-44-10-17-51-60(44)29-42(53-47)35-26-52-59(28-35)38-14-18-55(19-15-38)27-31-11-20-56(21-12-31)36-6-8-37(9-7-36)57-23-16-45(62)54-49(57)64/h1-3,6-10,13,17,22,24-26,28-29,31-32,38,61H,4-5,11-12,14-16,18-21,23,27,30H2,(H,54,62,64). The third kappa shape index (κ3) is 7.51. The number of aliphatic hydroxyl groups is 1. The molecular formula is C49H49FN10O4. The van der Waals surface area contributed by atoms with Gasteiger partial charge >= 0.3 is 6.03 Å². The Morgan fingerprint density at radius 2 is 1.62 bits per heavy atom. The summed E-state index contributed by atoms with van der Waals surface area (Å²) in [6, 6.07) is 20.5. The Bertz CT molecular complexity index is 2980. The van der Waals surface area contributed by atoms with Crippen LogP contribution in [0.3, 0.4) is 0 Å². The van der Waals surface area contributed by atoms with E-state index in [2.05, 4.69) is 43.2 Å². The first-order chi connectivity index (χ1) is 31.3. The van der Waals surface area contributed by atoms with Crippen molar-refractivity contribution in [1.82, 2.24) is 39.2 Å². The van der Waals surface area contributed by atoms with Gasteiger partial charge in [-0.05, 0) is 110 Å². The van der Waals surface area contributed by atoms with Gasteiger partial charge in [-0.15, -0.1) is 0 Å². The van der Waals surface area contributed by atoms with Crippen LogP contribution in [0.4, 0.5) is 20.6 Å². The van der Waals surface area contributed by atoms with Crippen molar-refractivity contribution in [2.75, 3.05) is 49.1 Å². The van der Waals surface area contributed by atoms with Gasteiger partial charge in [0, 0.05) is 86.1 Å². The van der Waals surface area contributed by atoms with Crippen molar-refractivity contribution in [1.29, 1.82) is 0 Å². The molecule has 1 saturated carbocycles. The maximum absolute atomic E-state index is 15.5. The largest absolute Gasteiger partial charge is 0.392 e. The first kappa shape index (κ1) is 40.1. The lowest BCUT2D eigenvalue weighted by atomic mass is 9.94. The number of urea groups is 1. The average Bonchev–Trinajstić information content (AvgIpc) is 3.85. The van der Waals surface area contributed by atoms with E-state index in [1.165, 1.54) is 10.6 Å². The van der Waals surface area contributed by atoms with Crippen LogP contribution in [0.5, 0.6) is 0 Å². The van der Waals surface area contributed by atoms with Gasteiger partial charge in [-0.2, -0.15) is 10.2 Å². The zero-order valence-corrected chi connectivity index (χ0v) is 35.4. The monoisotopic (exact) mass is 860 g/mol. The van der Waals surface area contributed by atoms with Crippen molar-refractivity contribution in [3.8, 4) is 28.2 Å². The summed E-state index contributed by atoms with van der Waals surface area (Å²) in [7, 11) is 0. The summed E-state index contributed by atoms with van der Waals surface area (Å²) in [5.41, 5.74) is 6.88. The first-order valence-electron chi connectivity index (χ1n) is 22.4. The Balaban J connectivity index is 0.756. The molecule has 3 saturated heterocycles. The highest BCUT2D eigenvalue weighted by molar-refractivity contribution is 6.05. The third-order valence-corrected chi connectivity index (χ3v) is 13.8. The molecule has 3 aliphatic heterocycles. The summed E-state index contributed by atoms with van der Waals surface area (Å²) >= 11 is 0. The van der Waals surface area contributed by atoms with Gasteiger partial charge in [0.2, 0.25) is 5.91 Å². The molecule has 14 nitrogen and oxygen atoms in total. The Kier molecular flexibility index (Phi) is 10.3. The summed E-state index contributed by atoms with van der Waals surface area (Å²) in [5.74, 6) is 0.242. The Hall–Kier alpha value is -6.71. The summed E-state index contributed by atoms with van der Waals surface area (Å²) in [4.78, 5) is 49.5. The lowest BCUT2D eigenvalue weighted by Crippen LogP contribution is -2.49. The van der Waals surface area contributed by atoms with Crippen LogP contribution in [0.25, 0.3) is 44.5 Å². The minimum Gasteiger partial charge on any atom is -0.392 e. The Morgan fingerprint density at radius 1 is 0.828 bits per heavy atom. The molecule has 2 N–H and O–H groups in total. The number of amides is 3. The second kappa shape index (κ2) is 16.4. The molecule has 15 heteroatoms. The minimum absolute atomic E-state index is 0.0348. The number of rotatable bonds is 10. The molecule has 0 bridgehead atoms. The van der Waals surface area contributed by atoms with E-state index in [9.17, 15) is 19.5 Å². The molecule has 0 spiro atoms. The van der Waals surface area contributed by atoms with E-state index in [0.717, 1.165) is 99.3 Å². The topological polar surface area (TPSA) is 146 Å². The van der Waals surface area contributed by atoms with Crippen molar-refractivity contribution in [2.45, 2.75) is 63.5 Å². The highest BCUT2D eigenvalue weighted by Gasteiger charge is 2.29. The molecule has 0 atom stereocenters. The van der Waals surface area contributed by atoms with Crippen LogP contribution in [0.2, 0.25) is 0 Å². The molecule has 0 unspecified atom stereocenters. The number of piperidine rings is 2. The molecule has 4 aromatic heterocycles. The zero-order valence-electron chi connectivity index (χ0n) is 35.4. The lowest BCUT2D eigenvalue weighted by molar-refractivity contribution is -0.120. The molecule has 7 aromatic rings. The number of benzene rings is 3. The molecule has 4 fully saturated rings. The van der Waals surface area contributed by atoms with Crippen molar-refractivity contribution < 1.29 is 19.1 Å². The van der Waals surface area contributed by atoms with E-state index in [1.807, 2.05) is 48.8 Å². The third-order valence-electron chi connectivity index (χ3n) is 13.8. The highest BCUT2D eigenvalue weighted by atomic mass is 19.1. The maximum atomic E-state index is 15.5. The number of carbonyl (C=O) groups is 2. The number of likely N-dealkylation sites (tertiary alicyclic amines) is 1. The van der Waals surface area contributed by atoms with Crippen LogP contribution >= 0.6 is 0 Å². The van der Waals surface area contributed by atoms with Gasteiger partial charge in [0.1, 0.15) is 5.82 Å². The fourth-order valence-electron chi connectivity index (χ4n) is 10.1. The van der Waals surface area contributed by atoms with Gasteiger partial charge in [-0.3, -0.25) is 29.1 Å². The number of nitrogens with zero attached hydrogens (tertiary/aromatic N) is 9. The van der Waals surface area contributed by atoms with Crippen molar-refractivity contribution in [3.05, 3.63) is 125 Å². The second-order valence-corrected chi connectivity index (χ2v) is 17.8. The SMILES string of the molecule is O=C1CCN(c2ccc(N3CCC(CN4CCC(n5cc(-c6cn7nccc7c(-c7cccc(-n8ccc9cc(C%10CC%10)cc(F)c9c8=O)c7CO)n6)cn5)CC4)CC3)cc2)C(=O)N1. The summed E-state index contributed by atoms with van der Waals surface area (Å²) in [6.45, 7) is 5.12. The van der Waals surface area contributed by atoms with Gasteiger partial charge in [-0.1, -0.05) is 18.2 Å². The Labute approximate surface area is 368 Å². The molecule has 0 radical (unpaired) electrons. The minimum atomic E-state index is -0.524. The smallest absolute Gasteiger partial charge is 0.328 e. The molecule has 64 heavy (non-hydrogen) atoms. The van der Waals surface area contributed by atoms with E-state index < -0.39 is 11.4 Å². The predicted octanol–water partition coefficient (Wildman–Crippen LogP) is 7.07. The summed E-state index contributed by atoms with van der Waals surface area (Å²) in [6.07, 6.45) is 15.8. The van der Waals surface area contributed by atoms with Crippen molar-refractivity contribution in [3.63, 3.8) is 0 Å². The predicted molar refractivity (Wildman–Crippen MR) is 242 cm³/mol. The number of imide groups is 1. The second-order valence-electron chi connectivity index (χ2n) is 17.8. The molecule has 3 aromatic carbocycles. The fraction of sp³-hybridized carbons (Fsp3) is 0.347. The molecule has 1 aliphatic carbocycles. The molecular weight excluding hydrogens is 812 g/mol. The number of aromatic nitrogens is 6. The van der Waals surface area contributed by atoms with Gasteiger partial charge in [0.25, 0.3) is 5.56 Å². The number of pyridine rings is 1. The number of aliphatic hydroxyl groups excluding tert-OH is 1. The van der Waals surface area contributed by atoms with Crippen LogP contribution in [0, 0.1) is 11.7 Å². The molecule has 11 rings (SSSR count). The van der Waals surface area contributed by atoms with E-state index >= 15 is 4.39 Å².